The van der Waals surface area contributed by atoms with Crippen LogP contribution in [0.2, 0.25) is 0 Å². The Morgan fingerprint density at radius 1 is 1.42 bits per heavy atom. The van der Waals surface area contributed by atoms with Gasteiger partial charge in [-0.05, 0) is 13.0 Å². The molecule has 0 spiro atoms. The van der Waals surface area contributed by atoms with Gasteiger partial charge in [0.1, 0.15) is 5.75 Å². The molecule has 0 bridgehead atoms. The Bertz CT molecular complexity index is 433. The van der Waals surface area contributed by atoms with Crippen LogP contribution >= 0.6 is 0 Å². The fourth-order valence-electron chi connectivity index (χ4n) is 1.29. The van der Waals surface area contributed by atoms with E-state index in [1.165, 1.54) is 13.0 Å². The third kappa shape index (κ3) is 5.60. The molecule has 1 atom stereocenters. The molecule has 0 unspecified atom stereocenters. The molecule has 0 heterocycles. The lowest BCUT2D eigenvalue weighted by molar-refractivity contribution is -0.153. The number of carbonyl (C=O) groups is 1. The van der Waals surface area contributed by atoms with Crippen molar-refractivity contribution in [2.24, 2.45) is 5.73 Å². The van der Waals surface area contributed by atoms with Crippen molar-refractivity contribution in [1.29, 1.82) is 0 Å². The Morgan fingerprint density at radius 3 is 2.63 bits per heavy atom. The van der Waals surface area contributed by atoms with Crippen LogP contribution in [0.1, 0.15) is 12.5 Å². The van der Waals surface area contributed by atoms with Crippen LogP contribution in [0.15, 0.2) is 24.3 Å². The van der Waals surface area contributed by atoms with Crippen LogP contribution in [0.3, 0.4) is 0 Å². The number of amides is 1. The molecule has 19 heavy (non-hydrogen) atoms. The monoisotopic (exact) mass is 276 g/mol. The number of rotatable bonds is 5. The van der Waals surface area contributed by atoms with E-state index >= 15 is 0 Å². The highest BCUT2D eigenvalue weighted by molar-refractivity contribution is 5.80. The number of para-hydroxylation sites is 1. The fraction of sp³-hybridized carbons (Fsp3) is 0.417. The van der Waals surface area contributed by atoms with Crippen LogP contribution in [0, 0.1) is 0 Å². The zero-order chi connectivity index (χ0) is 14.5. The fourth-order valence-corrected chi connectivity index (χ4v) is 1.29. The summed E-state index contributed by atoms with van der Waals surface area (Å²) < 4.78 is 40.9. The number of ether oxygens (including phenoxy) is 1. The summed E-state index contributed by atoms with van der Waals surface area (Å²) in [6.07, 6.45) is -4.40. The molecule has 0 radical (unpaired) electrons. The molecule has 0 fully saturated rings. The van der Waals surface area contributed by atoms with Gasteiger partial charge in [0.15, 0.2) is 6.61 Å². The van der Waals surface area contributed by atoms with E-state index in [0.717, 1.165) is 0 Å². The number of hydrogen-bond acceptors (Lipinski definition) is 3. The molecule has 7 heteroatoms. The van der Waals surface area contributed by atoms with E-state index in [2.05, 4.69) is 10.1 Å². The Morgan fingerprint density at radius 2 is 2.05 bits per heavy atom. The van der Waals surface area contributed by atoms with Crippen molar-refractivity contribution in [3.8, 4) is 5.75 Å². The average molecular weight is 276 g/mol. The predicted octanol–water partition coefficient (Wildman–Crippen LogP) is 1.59. The highest BCUT2D eigenvalue weighted by Gasteiger charge is 2.28. The topological polar surface area (TPSA) is 64.4 Å². The SMILES string of the molecule is C[C@@H](N)C(=O)NCc1ccccc1OCC(F)(F)F. The second kappa shape index (κ2) is 6.42. The van der Waals surface area contributed by atoms with Crippen molar-refractivity contribution in [3.05, 3.63) is 29.8 Å². The van der Waals surface area contributed by atoms with Crippen molar-refractivity contribution < 1.29 is 22.7 Å². The van der Waals surface area contributed by atoms with E-state index in [-0.39, 0.29) is 18.2 Å². The van der Waals surface area contributed by atoms with Gasteiger partial charge < -0.3 is 15.8 Å². The van der Waals surface area contributed by atoms with E-state index in [1.807, 2.05) is 0 Å². The van der Waals surface area contributed by atoms with Crippen LogP contribution in [0.4, 0.5) is 13.2 Å². The number of nitrogens with two attached hydrogens (primary N) is 1. The largest absolute Gasteiger partial charge is 0.484 e. The summed E-state index contributed by atoms with van der Waals surface area (Å²) in [6, 6.07) is 5.52. The molecule has 0 aromatic heterocycles. The molecule has 0 aliphatic carbocycles. The van der Waals surface area contributed by atoms with Gasteiger partial charge in [-0.1, -0.05) is 18.2 Å². The van der Waals surface area contributed by atoms with Gasteiger partial charge in [0.25, 0.3) is 0 Å². The summed E-state index contributed by atoms with van der Waals surface area (Å²) in [7, 11) is 0. The number of alkyl halides is 3. The maximum atomic E-state index is 12.1. The normalized spacial score (nSPS) is 12.9. The van der Waals surface area contributed by atoms with Gasteiger partial charge in [-0.15, -0.1) is 0 Å². The molecule has 4 nitrogen and oxygen atoms in total. The lowest BCUT2D eigenvalue weighted by Crippen LogP contribution is -2.37. The van der Waals surface area contributed by atoms with E-state index < -0.39 is 18.8 Å². The van der Waals surface area contributed by atoms with Gasteiger partial charge in [-0.2, -0.15) is 13.2 Å². The Hall–Kier alpha value is -1.76. The van der Waals surface area contributed by atoms with Gasteiger partial charge in [-0.25, -0.2) is 0 Å². The quantitative estimate of drug-likeness (QED) is 0.858. The zero-order valence-electron chi connectivity index (χ0n) is 10.3. The smallest absolute Gasteiger partial charge is 0.422 e. The molecule has 1 aromatic carbocycles. The average Bonchev–Trinajstić information content (AvgIpc) is 2.33. The van der Waals surface area contributed by atoms with Crippen LogP contribution < -0.4 is 15.8 Å². The molecule has 106 valence electrons. The van der Waals surface area contributed by atoms with Crippen LogP contribution in [-0.4, -0.2) is 24.7 Å². The Labute approximate surface area is 108 Å². The third-order valence-corrected chi connectivity index (χ3v) is 2.23. The zero-order valence-corrected chi connectivity index (χ0v) is 10.3. The Balaban J connectivity index is 2.65. The van der Waals surface area contributed by atoms with Crippen molar-refractivity contribution in [3.63, 3.8) is 0 Å². The van der Waals surface area contributed by atoms with Crippen molar-refractivity contribution in [2.45, 2.75) is 25.7 Å². The molecule has 0 saturated carbocycles. The summed E-state index contributed by atoms with van der Waals surface area (Å²) in [4.78, 5) is 11.3. The molecule has 0 aliphatic rings. The first-order valence-electron chi connectivity index (χ1n) is 5.60. The minimum Gasteiger partial charge on any atom is -0.484 e. The number of hydrogen-bond donors (Lipinski definition) is 2. The predicted molar refractivity (Wildman–Crippen MR) is 63.5 cm³/mol. The second-order valence-corrected chi connectivity index (χ2v) is 4.02. The summed E-state index contributed by atoms with van der Waals surface area (Å²) in [5.41, 5.74) is 5.82. The number of halogens is 3. The molecule has 0 aliphatic heterocycles. The summed E-state index contributed by atoms with van der Waals surface area (Å²) >= 11 is 0. The first-order chi connectivity index (χ1) is 8.79. The van der Waals surface area contributed by atoms with Crippen LogP contribution in [-0.2, 0) is 11.3 Å². The lowest BCUT2D eigenvalue weighted by Gasteiger charge is -2.14. The lowest BCUT2D eigenvalue weighted by atomic mass is 10.2. The van der Waals surface area contributed by atoms with E-state index in [1.54, 1.807) is 18.2 Å². The highest BCUT2D eigenvalue weighted by atomic mass is 19.4. The van der Waals surface area contributed by atoms with Crippen molar-refractivity contribution in [2.75, 3.05) is 6.61 Å². The second-order valence-electron chi connectivity index (χ2n) is 4.02. The van der Waals surface area contributed by atoms with E-state index in [0.29, 0.717) is 5.56 Å². The van der Waals surface area contributed by atoms with Crippen LogP contribution in [0.25, 0.3) is 0 Å². The standard InChI is InChI=1S/C12H15F3N2O2/c1-8(16)11(18)17-6-9-4-2-3-5-10(9)19-7-12(13,14)15/h2-5,8H,6-7,16H2,1H3,(H,17,18)/t8-/m1/s1. The summed E-state index contributed by atoms with van der Waals surface area (Å²) in [6.45, 7) is 0.209. The van der Waals surface area contributed by atoms with Crippen LogP contribution in [0.5, 0.6) is 5.75 Å². The molecule has 1 amide bonds. The summed E-state index contributed by atoms with van der Waals surface area (Å²) in [5, 5.41) is 2.51. The van der Waals surface area contributed by atoms with Crippen molar-refractivity contribution >= 4 is 5.91 Å². The van der Waals surface area contributed by atoms with Gasteiger partial charge >= 0.3 is 6.18 Å². The minimum absolute atomic E-state index is 0.0639. The first kappa shape index (κ1) is 15.3. The molecule has 1 aromatic rings. The maximum Gasteiger partial charge on any atom is 0.422 e. The maximum absolute atomic E-state index is 12.1. The number of nitrogens with one attached hydrogen (secondary N) is 1. The highest BCUT2D eigenvalue weighted by Crippen LogP contribution is 2.21. The van der Waals surface area contributed by atoms with Gasteiger partial charge in [0.2, 0.25) is 5.91 Å². The summed E-state index contributed by atoms with van der Waals surface area (Å²) in [5.74, 6) is -0.296. The Kier molecular flexibility index (Phi) is 5.17. The molecule has 1 rings (SSSR count). The van der Waals surface area contributed by atoms with Gasteiger partial charge in [0, 0.05) is 12.1 Å². The van der Waals surface area contributed by atoms with E-state index in [9.17, 15) is 18.0 Å². The first-order valence-corrected chi connectivity index (χ1v) is 5.60. The molecule has 0 saturated heterocycles. The van der Waals surface area contributed by atoms with E-state index in [4.69, 9.17) is 5.73 Å². The minimum atomic E-state index is -4.40. The van der Waals surface area contributed by atoms with Gasteiger partial charge in [-0.3, -0.25) is 4.79 Å². The molecule has 3 N–H and O–H groups in total. The van der Waals surface area contributed by atoms with Gasteiger partial charge in [0.05, 0.1) is 6.04 Å². The van der Waals surface area contributed by atoms with Crippen molar-refractivity contribution in [1.82, 2.24) is 5.32 Å². The molecular formula is C12H15F3N2O2. The number of benzene rings is 1. The third-order valence-electron chi connectivity index (χ3n) is 2.23. The number of carbonyl (C=O) groups excluding carboxylic acids is 1. The molecular weight excluding hydrogens is 261 g/mol.